The van der Waals surface area contributed by atoms with E-state index < -0.39 is 6.04 Å². The molecule has 7 nitrogen and oxygen atoms in total. The van der Waals surface area contributed by atoms with E-state index in [-0.39, 0.29) is 12.1 Å². The summed E-state index contributed by atoms with van der Waals surface area (Å²) in [6, 6.07) is 10.6. The molecular formula is C15H17ClN6O. The topological polar surface area (TPSA) is 90.1 Å². The number of rotatable bonds is 5. The van der Waals surface area contributed by atoms with Crippen molar-refractivity contribution in [3.8, 4) is 0 Å². The second-order valence-electron chi connectivity index (χ2n) is 5.10. The van der Waals surface area contributed by atoms with Gasteiger partial charge < -0.3 is 10.6 Å². The Balaban J connectivity index is 1.57. The summed E-state index contributed by atoms with van der Waals surface area (Å²) in [7, 11) is 0. The lowest BCUT2D eigenvalue weighted by Gasteiger charge is -2.20. The zero-order chi connectivity index (χ0) is 16.1. The smallest absolute Gasteiger partial charge is 0.242 e. The molecule has 1 aliphatic heterocycles. The second-order valence-corrected chi connectivity index (χ2v) is 5.54. The number of anilines is 1. The number of pyridine rings is 1. The molecule has 2 aromatic rings. The molecule has 2 heterocycles. The van der Waals surface area contributed by atoms with Crippen LogP contribution in [0.25, 0.3) is 0 Å². The maximum absolute atomic E-state index is 12.3. The maximum Gasteiger partial charge on any atom is 0.242 e. The van der Waals surface area contributed by atoms with Crippen LogP contribution in [-0.2, 0) is 11.3 Å². The van der Waals surface area contributed by atoms with Gasteiger partial charge in [-0.1, -0.05) is 17.7 Å². The summed E-state index contributed by atoms with van der Waals surface area (Å²) in [6.45, 7) is 0.429. The Kier molecular flexibility index (Phi) is 5.04. The third-order valence-electron chi connectivity index (χ3n) is 3.43. The Morgan fingerprint density at radius 3 is 2.78 bits per heavy atom. The van der Waals surface area contributed by atoms with E-state index in [2.05, 4.69) is 32.0 Å². The molecule has 1 saturated heterocycles. The van der Waals surface area contributed by atoms with Crippen molar-refractivity contribution in [3.05, 3.63) is 59.4 Å². The largest absolute Gasteiger partial charge is 0.367 e. The van der Waals surface area contributed by atoms with Gasteiger partial charge in [0.2, 0.25) is 5.91 Å². The quantitative estimate of drug-likeness (QED) is 0.556. The summed E-state index contributed by atoms with van der Waals surface area (Å²) in [6.07, 6.45) is 3.12. The van der Waals surface area contributed by atoms with Gasteiger partial charge in [-0.3, -0.25) is 9.78 Å². The number of nitrogens with zero attached hydrogens (tertiary/aromatic N) is 1. The van der Waals surface area contributed by atoms with Gasteiger partial charge in [-0.05, 0) is 35.9 Å². The molecule has 2 unspecified atom stereocenters. The van der Waals surface area contributed by atoms with Crippen LogP contribution < -0.4 is 27.0 Å². The number of nitrogens with one attached hydrogen (secondary N) is 5. The summed E-state index contributed by atoms with van der Waals surface area (Å²) in [5.74, 6) is -0.127. The summed E-state index contributed by atoms with van der Waals surface area (Å²) in [4.78, 5) is 16.4. The molecule has 0 spiro atoms. The van der Waals surface area contributed by atoms with Gasteiger partial charge in [-0.25, -0.2) is 10.9 Å². The number of benzene rings is 1. The SMILES string of the molecule is O=C(NCc1cccnc1)C1NNNC1Nc1ccc(Cl)cc1. The lowest BCUT2D eigenvalue weighted by molar-refractivity contribution is -0.123. The van der Waals surface area contributed by atoms with Crippen molar-refractivity contribution < 1.29 is 4.79 Å². The fraction of sp³-hybridized carbons (Fsp3) is 0.200. The van der Waals surface area contributed by atoms with Gasteiger partial charge in [0.1, 0.15) is 12.2 Å². The molecular weight excluding hydrogens is 316 g/mol. The third kappa shape index (κ3) is 4.17. The lowest BCUT2D eigenvalue weighted by atomic mass is 10.2. The number of hydrogen-bond donors (Lipinski definition) is 5. The van der Waals surface area contributed by atoms with Crippen LogP contribution in [0.15, 0.2) is 48.8 Å². The van der Waals surface area contributed by atoms with Crippen LogP contribution in [0.1, 0.15) is 5.56 Å². The Morgan fingerprint density at radius 1 is 1.22 bits per heavy atom. The number of aromatic nitrogens is 1. The van der Waals surface area contributed by atoms with Crippen molar-refractivity contribution in [1.29, 1.82) is 0 Å². The van der Waals surface area contributed by atoms with Crippen LogP contribution >= 0.6 is 11.6 Å². The van der Waals surface area contributed by atoms with Crippen molar-refractivity contribution in [1.82, 2.24) is 26.7 Å². The molecule has 0 saturated carbocycles. The standard InChI is InChI=1S/C15H17ClN6O/c16-11-3-5-12(6-4-11)19-14-13(20-22-21-14)15(23)18-9-10-2-1-7-17-8-10/h1-8,13-14,19-22H,9H2,(H,18,23). The van der Waals surface area contributed by atoms with Gasteiger partial charge in [0, 0.05) is 29.6 Å². The first-order chi connectivity index (χ1) is 11.2. The molecule has 1 amide bonds. The summed E-state index contributed by atoms with van der Waals surface area (Å²) < 4.78 is 0. The van der Waals surface area contributed by atoms with Crippen molar-refractivity contribution in [2.24, 2.45) is 0 Å². The lowest BCUT2D eigenvalue weighted by Crippen LogP contribution is -2.50. The average molecular weight is 333 g/mol. The van der Waals surface area contributed by atoms with E-state index in [9.17, 15) is 4.79 Å². The number of carbonyl (C=O) groups is 1. The van der Waals surface area contributed by atoms with Crippen LogP contribution in [0.2, 0.25) is 5.02 Å². The van der Waals surface area contributed by atoms with E-state index >= 15 is 0 Å². The maximum atomic E-state index is 12.3. The van der Waals surface area contributed by atoms with Crippen molar-refractivity contribution in [2.45, 2.75) is 18.8 Å². The summed E-state index contributed by atoms with van der Waals surface area (Å²) >= 11 is 5.87. The van der Waals surface area contributed by atoms with Gasteiger partial charge in [0.05, 0.1) is 0 Å². The Hall–Kier alpha value is -2.19. The predicted molar refractivity (Wildman–Crippen MR) is 88.1 cm³/mol. The van der Waals surface area contributed by atoms with Gasteiger partial charge in [0.25, 0.3) is 0 Å². The molecule has 0 aliphatic carbocycles. The number of amides is 1. The van der Waals surface area contributed by atoms with E-state index in [0.717, 1.165) is 11.3 Å². The Morgan fingerprint density at radius 2 is 2.04 bits per heavy atom. The minimum Gasteiger partial charge on any atom is -0.367 e. The highest BCUT2D eigenvalue weighted by Gasteiger charge is 2.32. The molecule has 120 valence electrons. The molecule has 3 rings (SSSR count). The van der Waals surface area contributed by atoms with E-state index in [1.165, 1.54) is 0 Å². The average Bonchev–Trinajstić information content (AvgIpc) is 3.04. The highest BCUT2D eigenvalue weighted by molar-refractivity contribution is 6.30. The fourth-order valence-corrected chi connectivity index (χ4v) is 2.35. The van der Waals surface area contributed by atoms with Gasteiger partial charge in [-0.2, -0.15) is 5.53 Å². The van der Waals surface area contributed by atoms with Crippen LogP contribution in [0.4, 0.5) is 5.69 Å². The molecule has 2 atom stereocenters. The number of hydrazine groups is 2. The zero-order valence-corrected chi connectivity index (χ0v) is 13.0. The first-order valence-electron chi connectivity index (χ1n) is 7.17. The van der Waals surface area contributed by atoms with Crippen LogP contribution in [-0.4, -0.2) is 23.1 Å². The summed E-state index contributed by atoms with van der Waals surface area (Å²) in [5, 5.41) is 6.78. The highest BCUT2D eigenvalue weighted by atomic mass is 35.5. The normalized spacial score (nSPS) is 20.2. The van der Waals surface area contributed by atoms with E-state index in [1.54, 1.807) is 24.5 Å². The third-order valence-corrected chi connectivity index (χ3v) is 3.68. The first kappa shape index (κ1) is 15.7. The molecule has 1 fully saturated rings. The highest BCUT2D eigenvalue weighted by Crippen LogP contribution is 2.15. The van der Waals surface area contributed by atoms with Crippen LogP contribution in [0.3, 0.4) is 0 Å². The minimum atomic E-state index is -0.470. The Bertz CT molecular complexity index is 651. The van der Waals surface area contributed by atoms with Crippen LogP contribution in [0, 0.1) is 0 Å². The number of carbonyl (C=O) groups excluding carboxylic acids is 1. The molecule has 23 heavy (non-hydrogen) atoms. The monoisotopic (exact) mass is 332 g/mol. The van der Waals surface area contributed by atoms with E-state index in [1.807, 2.05) is 24.3 Å². The molecule has 1 aliphatic rings. The number of halogens is 1. The zero-order valence-electron chi connectivity index (χ0n) is 12.2. The van der Waals surface area contributed by atoms with Crippen molar-refractivity contribution in [3.63, 3.8) is 0 Å². The van der Waals surface area contributed by atoms with Crippen molar-refractivity contribution >= 4 is 23.2 Å². The summed E-state index contributed by atoms with van der Waals surface area (Å²) in [5.41, 5.74) is 10.4. The molecule has 1 aromatic heterocycles. The molecule has 5 N–H and O–H groups in total. The first-order valence-corrected chi connectivity index (χ1v) is 7.55. The number of hydrogen-bond acceptors (Lipinski definition) is 6. The van der Waals surface area contributed by atoms with Crippen LogP contribution in [0.5, 0.6) is 0 Å². The van der Waals surface area contributed by atoms with E-state index in [4.69, 9.17) is 11.6 Å². The van der Waals surface area contributed by atoms with Gasteiger partial charge in [0.15, 0.2) is 0 Å². The molecule has 0 radical (unpaired) electrons. The predicted octanol–water partition coefficient (Wildman–Crippen LogP) is 0.770. The van der Waals surface area contributed by atoms with Gasteiger partial charge in [-0.15, -0.1) is 0 Å². The van der Waals surface area contributed by atoms with Crippen molar-refractivity contribution in [2.75, 3.05) is 5.32 Å². The second kappa shape index (κ2) is 7.38. The Labute approximate surface area is 138 Å². The minimum absolute atomic E-state index is 0.127. The van der Waals surface area contributed by atoms with Gasteiger partial charge >= 0.3 is 0 Å². The fourth-order valence-electron chi connectivity index (χ4n) is 2.23. The molecule has 1 aromatic carbocycles. The molecule has 0 bridgehead atoms. The molecule has 8 heteroatoms. The van der Waals surface area contributed by atoms with E-state index in [0.29, 0.717) is 11.6 Å².